The lowest BCUT2D eigenvalue weighted by molar-refractivity contribution is -0.132. The van der Waals surface area contributed by atoms with Crippen molar-refractivity contribution in [2.45, 2.75) is 64.0 Å². The number of halogens is 1. The molecule has 3 heterocycles. The highest BCUT2D eigenvalue weighted by Crippen LogP contribution is 2.33. The number of fused-ring (bicyclic) bond motifs is 1. The first kappa shape index (κ1) is 17.2. The molecule has 1 unspecified atom stereocenters. The number of hydrogen-bond acceptors (Lipinski definition) is 3. The van der Waals surface area contributed by atoms with Crippen LogP contribution in [0.4, 0.5) is 4.39 Å². The zero-order valence-electron chi connectivity index (χ0n) is 15.0. The number of amides is 1. The van der Waals surface area contributed by atoms with E-state index < -0.39 is 0 Å². The summed E-state index contributed by atoms with van der Waals surface area (Å²) in [5.74, 6) is 1.95. The summed E-state index contributed by atoms with van der Waals surface area (Å²) in [7, 11) is 0. The van der Waals surface area contributed by atoms with E-state index in [0.29, 0.717) is 12.8 Å². The third kappa shape index (κ3) is 3.50. The average molecular weight is 356 g/mol. The van der Waals surface area contributed by atoms with E-state index in [1.165, 1.54) is 25.0 Å². The zero-order chi connectivity index (χ0) is 17.9. The fourth-order valence-electron chi connectivity index (χ4n) is 4.13. The van der Waals surface area contributed by atoms with Gasteiger partial charge >= 0.3 is 0 Å². The van der Waals surface area contributed by atoms with E-state index in [1.54, 1.807) is 12.1 Å². The van der Waals surface area contributed by atoms with Gasteiger partial charge < -0.3 is 9.47 Å². The van der Waals surface area contributed by atoms with Gasteiger partial charge in [0, 0.05) is 25.9 Å². The molecule has 0 bridgehead atoms. The van der Waals surface area contributed by atoms with E-state index >= 15 is 0 Å². The summed E-state index contributed by atoms with van der Waals surface area (Å²) in [5, 5.41) is 8.86. The smallest absolute Gasteiger partial charge is 0.223 e. The topological polar surface area (TPSA) is 51.0 Å². The Labute approximate surface area is 153 Å². The molecule has 1 atom stereocenters. The van der Waals surface area contributed by atoms with Crippen LogP contribution in [0.2, 0.25) is 0 Å². The molecule has 1 aromatic heterocycles. The number of benzene rings is 1. The molecule has 0 N–H and O–H groups in total. The summed E-state index contributed by atoms with van der Waals surface area (Å²) in [6.45, 7) is 1.75. The van der Waals surface area contributed by atoms with Crippen LogP contribution in [0.5, 0.6) is 0 Å². The molecule has 2 aliphatic heterocycles. The van der Waals surface area contributed by atoms with Gasteiger partial charge in [0.15, 0.2) is 5.82 Å². The van der Waals surface area contributed by atoms with Crippen molar-refractivity contribution in [3.8, 4) is 0 Å². The van der Waals surface area contributed by atoms with E-state index in [1.807, 2.05) is 4.90 Å². The monoisotopic (exact) mass is 356 g/mol. The highest BCUT2D eigenvalue weighted by molar-refractivity contribution is 5.77. The Kier molecular flexibility index (Phi) is 5.00. The van der Waals surface area contributed by atoms with Crippen LogP contribution < -0.4 is 0 Å². The molecule has 138 valence electrons. The number of aryl methyl sites for hydroxylation is 2. The van der Waals surface area contributed by atoms with Gasteiger partial charge in [0.1, 0.15) is 11.6 Å². The SMILES string of the molecule is O=C(CCc1ccc(F)cc1)N1CCCC1c1nnc2n1CCCCC2. The predicted octanol–water partition coefficient (Wildman–Crippen LogP) is 3.44. The van der Waals surface area contributed by atoms with Gasteiger partial charge in [-0.3, -0.25) is 4.79 Å². The number of rotatable bonds is 4. The molecule has 26 heavy (non-hydrogen) atoms. The van der Waals surface area contributed by atoms with Crippen LogP contribution in [-0.2, 0) is 24.2 Å². The standard InChI is InChI=1S/C20H25FN4O/c21-16-10-7-15(8-11-16)9-12-19(26)24-14-4-5-17(24)20-23-22-18-6-2-1-3-13-25(18)20/h7-8,10-11,17H,1-6,9,12-14H2. The largest absolute Gasteiger partial charge is 0.332 e. The summed E-state index contributed by atoms with van der Waals surface area (Å²) >= 11 is 0. The summed E-state index contributed by atoms with van der Waals surface area (Å²) in [6.07, 6.45) is 7.59. The number of carbonyl (C=O) groups is 1. The van der Waals surface area contributed by atoms with Gasteiger partial charge in [-0.15, -0.1) is 10.2 Å². The van der Waals surface area contributed by atoms with E-state index in [-0.39, 0.29) is 17.8 Å². The van der Waals surface area contributed by atoms with Crippen LogP contribution in [0.15, 0.2) is 24.3 Å². The van der Waals surface area contributed by atoms with Crippen molar-refractivity contribution in [2.24, 2.45) is 0 Å². The molecule has 0 spiro atoms. The van der Waals surface area contributed by atoms with Crippen LogP contribution in [0.25, 0.3) is 0 Å². The number of aromatic nitrogens is 3. The molecule has 1 aromatic carbocycles. The lowest BCUT2D eigenvalue weighted by Crippen LogP contribution is -2.32. The maximum absolute atomic E-state index is 13.0. The minimum absolute atomic E-state index is 0.0510. The van der Waals surface area contributed by atoms with Crippen molar-refractivity contribution in [1.29, 1.82) is 0 Å². The molecule has 6 heteroatoms. The lowest BCUT2D eigenvalue weighted by Gasteiger charge is -2.25. The van der Waals surface area contributed by atoms with Crippen LogP contribution in [0.3, 0.4) is 0 Å². The second-order valence-corrected chi connectivity index (χ2v) is 7.31. The molecule has 0 radical (unpaired) electrons. The van der Waals surface area contributed by atoms with E-state index in [0.717, 1.165) is 56.0 Å². The number of likely N-dealkylation sites (tertiary alicyclic amines) is 1. The van der Waals surface area contributed by atoms with Crippen molar-refractivity contribution in [3.63, 3.8) is 0 Å². The molecule has 2 aromatic rings. The Balaban J connectivity index is 1.45. The summed E-state index contributed by atoms with van der Waals surface area (Å²) in [4.78, 5) is 14.8. The molecular formula is C20H25FN4O. The van der Waals surface area contributed by atoms with Crippen molar-refractivity contribution < 1.29 is 9.18 Å². The van der Waals surface area contributed by atoms with Crippen molar-refractivity contribution >= 4 is 5.91 Å². The van der Waals surface area contributed by atoms with E-state index in [4.69, 9.17) is 0 Å². The van der Waals surface area contributed by atoms with Crippen molar-refractivity contribution in [2.75, 3.05) is 6.54 Å². The first-order valence-corrected chi connectivity index (χ1v) is 9.68. The molecule has 2 aliphatic rings. The molecular weight excluding hydrogens is 331 g/mol. The quantitative estimate of drug-likeness (QED) is 0.843. The summed E-state index contributed by atoms with van der Waals surface area (Å²) in [5.41, 5.74) is 0.992. The van der Waals surface area contributed by atoms with E-state index in [2.05, 4.69) is 14.8 Å². The van der Waals surface area contributed by atoms with Gasteiger partial charge in [0.05, 0.1) is 6.04 Å². The third-order valence-corrected chi connectivity index (χ3v) is 5.55. The molecule has 1 saturated heterocycles. The lowest BCUT2D eigenvalue weighted by atomic mass is 10.1. The normalized spacial score (nSPS) is 20.0. The van der Waals surface area contributed by atoms with Crippen molar-refractivity contribution in [1.82, 2.24) is 19.7 Å². The molecule has 1 fully saturated rings. The second kappa shape index (κ2) is 7.56. The molecule has 5 nitrogen and oxygen atoms in total. The Morgan fingerprint density at radius 3 is 2.77 bits per heavy atom. The highest BCUT2D eigenvalue weighted by atomic mass is 19.1. The second-order valence-electron chi connectivity index (χ2n) is 7.31. The van der Waals surface area contributed by atoms with E-state index in [9.17, 15) is 9.18 Å². The van der Waals surface area contributed by atoms with Crippen LogP contribution in [-0.4, -0.2) is 32.1 Å². The van der Waals surface area contributed by atoms with Gasteiger partial charge in [0.25, 0.3) is 0 Å². The molecule has 4 rings (SSSR count). The minimum atomic E-state index is -0.243. The number of nitrogens with zero attached hydrogens (tertiary/aromatic N) is 4. The van der Waals surface area contributed by atoms with Crippen molar-refractivity contribution in [3.05, 3.63) is 47.3 Å². The molecule has 0 aliphatic carbocycles. The van der Waals surface area contributed by atoms with Gasteiger partial charge in [-0.05, 0) is 49.8 Å². The third-order valence-electron chi connectivity index (χ3n) is 5.55. The number of carbonyl (C=O) groups excluding carboxylic acids is 1. The number of hydrogen-bond donors (Lipinski definition) is 0. The van der Waals surface area contributed by atoms with Gasteiger partial charge in [-0.1, -0.05) is 18.6 Å². The van der Waals surface area contributed by atoms with Gasteiger partial charge in [-0.2, -0.15) is 0 Å². The highest BCUT2D eigenvalue weighted by Gasteiger charge is 2.34. The van der Waals surface area contributed by atoms with Gasteiger partial charge in [-0.25, -0.2) is 4.39 Å². The molecule has 0 saturated carbocycles. The molecule has 1 amide bonds. The Morgan fingerprint density at radius 1 is 1.08 bits per heavy atom. The first-order chi connectivity index (χ1) is 12.7. The summed E-state index contributed by atoms with van der Waals surface area (Å²) in [6, 6.07) is 6.45. The van der Waals surface area contributed by atoms with Crippen LogP contribution >= 0.6 is 0 Å². The maximum Gasteiger partial charge on any atom is 0.223 e. The van der Waals surface area contributed by atoms with Crippen LogP contribution in [0, 0.1) is 5.82 Å². The summed E-state index contributed by atoms with van der Waals surface area (Å²) < 4.78 is 15.3. The predicted molar refractivity (Wildman–Crippen MR) is 96.0 cm³/mol. The fourth-order valence-corrected chi connectivity index (χ4v) is 4.13. The average Bonchev–Trinajstić information content (AvgIpc) is 3.22. The zero-order valence-corrected chi connectivity index (χ0v) is 15.0. The fraction of sp³-hybridized carbons (Fsp3) is 0.550. The Morgan fingerprint density at radius 2 is 1.92 bits per heavy atom. The van der Waals surface area contributed by atoms with Crippen LogP contribution in [0.1, 0.15) is 61.8 Å². The Bertz CT molecular complexity index is 771. The minimum Gasteiger partial charge on any atom is -0.332 e. The first-order valence-electron chi connectivity index (χ1n) is 9.68. The maximum atomic E-state index is 13.0. The van der Waals surface area contributed by atoms with Gasteiger partial charge in [0.2, 0.25) is 5.91 Å². The Hall–Kier alpha value is -2.24.